The third kappa shape index (κ3) is 6.78. The van der Waals surface area contributed by atoms with Gasteiger partial charge in [-0.15, -0.1) is 0 Å². The van der Waals surface area contributed by atoms with E-state index >= 15 is 0 Å². The highest BCUT2D eigenvalue weighted by Crippen LogP contribution is 2.12. The minimum Gasteiger partial charge on any atom is -0.352 e. The van der Waals surface area contributed by atoms with E-state index in [1.54, 1.807) is 0 Å². The topological polar surface area (TPSA) is 66.5 Å². The number of amides is 1. The zero-order valence-electron chi connectivity index (χ0n) is 15.3. The predicted molar refractivity (Wildman–Crippen MR) is 101 cm³/mol. The van der Waals surface area contributed by atoms with Gasteiger partial charge < -0.3 is 5.32 Å². The van der Waals surface area contributed by atoms with E-state index in [1.165, 1.54) is 5.56 Å². The molecule has 1 aliphatic rings. The molecule has 25 heavy (non-hydrogen) atoms. The van der Waals surface area contributed by atoms with E-state index in [-0.39, 0.29) is 23.3 Å². The molecule has 1 aromatic rings. The van der Waals surface area contributed by atoms with Gasteiger partial charge in [0.1, 0.15) is 0 Å². The molecule has 2 rings (SSSR count). The maximum absolute atomic E-state index is 12.0. The highest BCUT2D eigenvalue weighted by Gasteiger charge is 2.21. The van der Waals surface area contributed by atoms with Crippen molar-refractivity contribution in [1.29, 1.82) is 0 Å². The number of unbranched alkanes of at least 4 members (excludes halogenated alkanes) is 1. The predicted octanol–water partition coefficient (Wildman–Crippen LogP) is 2.36. The molecule has 1 aliphatic heterocycles. The molecule has 0 radical (unpaired) electrons. The van der Waals surface area contributed by atoms with Crippen molar-refractivity contribution in [2.45, 2.75) is 46.2 Å². The highest BCUT2D eigenvalue weighted by molar-refractivity contribution is 7.91. The molecule has 140 valence electrons. The minimum atomic E-state index is -2.83. The lowest BCUT2D eigenvalue weighted by atomic mass is 10.0. The summed E-state index contributed by atoms with van der Waals surface area (Å²) in [6, 6.07) is 8.19. The van der Waals surface area contributed by atoms with Crippen LogP contribution in [0.15, 0.2) is 24.3 Å². The van der Waals surface area contributed by atoms with Crippen molar-refractivity contribution < 1.29 is 13.2 Å². The van der Waals surface area contributed by atoms with E-state index in [0.717, 1.165) is 31.4 Å². The smallest absolute Gasteiger partial charge is 0.223 e. The summed E-state index contributed by atoms with van der Waals surface area (Å²) in [5.41, 5.74) is 2.26. The average molecular weight is 367 g/mol. The van der Waals surface area contributed by atoms with E-state index in [1.807, 2.05) is 19.1 Å². The van der Waals surface area contributed by atoms with Crippen LogP contribution in [0.4, 0.5) is 0 Å². The lowest BCUT2D eigenvalue weighted by Crippen LogP contribution is -2.39. The molecule has 0 saturated carbocycles. The van der Waals surface area contributed by atoms with Crippen LogP contribution in [0.1, 0.15) is 44.2 Å². The van der Waals surface area contributed by atoms with Crippen LogP contribution in [0.3, 0.4) is 0 Å². The number of benzene rings is 1. The van der Waals surface area contributed by atoms with Crippen molar-refractivity contribution in [3.8, 4) is 0 Å². The normalized spacial score (nSPS) is 18.6. The quantitative estimate of drug-likeness (QED) is 0.767. The van der Waals surface area contributed by atoms with Crippen LogP contribution >= 0.6 is 0 Å². The molecule has 0 aromatic heterocycles. The molecular formula is C19H30N2O3S. The lowest BCUT2D eigenvalue weighted by Gasteiger charge is -2.26. The Kier molecular flexibility index (Phi) is 7.44. The molecule has 1 atom stereocenters. The second kappa shape index (κ2) is 9.34. The Labute approximate surface area is 151 Å². The fraction of sp³-hybridized carbons (Fsp3) is 0.632. The summed E-state index contributed by atoms with van der Waals surface area (Å²) in [5.74, 6) is 0.697. The number of hydrogen-bond donors (Lipinski definition) is 1. The summed E-state index contributed by atoms with van der Waals surface area (Å²) in [5, 5.41) is 3.00. The Morgan fingerprint density at radius 3 is 2.36 bits per heavy atom. The molecule has 0 bridgehead atoms. The minimum absolute atomic E-state index is 0.0644. The molecule has 0 unspecified atom stereocenters. The fourth-order valence-corrected chi connectivity index (χ4v) is 4.21. The first kappa shape index (κ1) is 19.9. The highest BCUT2D eigenvalue weighted by atomic mass is 32.2. The van der Waals surface area contributed by atoms with Crippen LogP contribution in [0, 0.1) is 5.92 Å². The monoisotopic (exact) mass is 366 g/mol. The van der Waals surface area contributed by atoms with Gasteiger partial charge in [0, 0.05) is 32.1 Å². The molecule has 1 heterocycles. The van der Waals surface area contributed by atoms with Gasteiger partial charge >= 0.3 is 0 Å². The zero-order valence-corrected chi connectivity index (χ0v) is 16.1. The van der Waals surface area contributed by atoms with Crippen LogP contribution in [0.2, 0.25) is 0 Å². The van der Waals surface area contributed by atoms with Crippen molar-refractivity contribution >= 4 is 15.7 Å². The second-order valence-electron chi connectivity index (χ2n) is 7.01. The Hall–Kier alpha value is -1.40. The molecule has 6 heteroatoms. The molecule has 1 N–H and O–H groups in total. The van der Waals surface area contributed by atoms with Gasteiger partial charge in [-0.2, -0.15) is 0 Å². The number of sulfone groups is 1. The van der Waals surface area contributed by atoms with Crippen molar-refractivity contribution in [2.75, 3.05) is 24.6 Å². The van der Waals surface area contributed by atoms with Gasteiger partial charge in [-0.05, 0) is 17.5 Å². The van der Waals surface area contributed by atoms with Crippen molar-refractivity contribution in [3.63, 3.8) is 0 Å². The Balaban J connectivity index is 1.77. The van der Waals surface area contributed by atoms with E-state index in [4.69, 9.17) is 0 Å². The first-order valence-corrected chi connectivity index (χ1v) is 11.0. The fourth-order valence-electron chi connectivity index (χ4n) is 2.93. The molecule has 1 saturated heterocycles. The number of hydrogen-bond acceptors (Lipinski definition) is 4. The molecule has 5 nitrogen and oxygen atoms in total. The van der Waals surface area contributed by atoms with Crippen molar-refractivity contribution in [2.24, 2.45) is 5.92 Å². The van der Waals surface area contributed by atoms with Gasteiger partial charge in [-0.3, -0.25) is 9.69 Å². The third-order valence-corrected chi connectivity index (χ3v) is 6.38. The first-order valence-electron chi connectivity index (χ1n) is 9.18. The molecular weight excluding hydrogens is 336 g/mol. The largest absolute Gasteiger partial charge is 0.352 e. The number of carbonyl (C=O) groups is 1. The van der Waals surface area contributed by atoms with Gasteiger partial charge in [-0.1, -0.05) is 51.0 Å². The number of rotatable bonds is 8. The summed E-state index contributed by atoms with van der Waals surface area (Å²) < 4.78 is 22.9. The third-order valence-electron chi connectivity index (χ3n) is 4.77. The Bertz CT molecular complexity index is 642. The first-order chi connectivity index (χ1) is 11.9. The summed E-state index contributed by atoms with van der Waals surface area (Å²) in [4.78, 5) is 14.2. The lowest BCUT2D eigenvalue weighted by molar-refractivity contribution is -0.124. The van der Waals surface area contributed by atoms with Crippen LogP contribution in [-0.4, -0.2) is 43.8 Å². The zero-order chi connectivity index (χ0) is 18.3. The summed E-state index contributed by atoms with van der Waals surface area (Å²) in [7, 11) is -2.83. The molecule has 1 aromatic carbocycles. The second-order valence-corrected chi connectivity index (χ2v) is 9.31. The Morgan fingerprint density at radius 1 is 1.16 bits per heavy atom. The average Bonchev–Trinajstić information content (AvgIpc) is 2.60. The summed E-state index contributed by atoms with van der Waals surface area (Å²) in [6.45, 7) is 6.65. The van der Waals surface area contributed by atoms with Crippen LogP contribution in [0.5, 0.6) is 0 Å². The van der Waals surface area contributed by atoms with E-state index in [0.29, 0.717) is 19.6 Å². The van der Waals surface area contributed by atoms with Gasteiger partial charge in [0.05, 0.1) is 11.5 Å². The van der Waals surface area contributed by atoms with Crippen molar-refractivity contribution in [1.82, 2.24) is 10.2 Å². The maximum Gasteiger partial charge on any atom is 0.223 e. The van der Waals surface area contributed by atoms with Crippen LogP contribution < -0.4 is 5.32 Å². The standard InChI is InChI=1S/C19H30N2O3S/c1-3-4-5-16(2)19(22)20-14-17-6-8-18(9-7-17)15-21-10-12-25(23,24)13-11-21/h6-9,16H,3-5,10-15H2,1-2H3,(H,20,22)/t16-/m1/s1. The SMILES string of the molecule is CCCC[C@@H](C)C(=O)NCc1ccc(CN2CCS(=O)(=O)CC2)cc1. The summed E-state index contributed by atoms with van der Waals surface area (Å²) in [6.07, 6.45) is 3.13. The molecule has 0 spiro atoms. The molecule has 1 amide bonds. The Morgan fingerprint density at radius 2 is 1.76 bits per heavy atom. The summed E-state index contributed by atoms with van der Waals surface area (Å²) >= 11 is 0. The maximum atomic E-state index is 12.0. The van der Waals surface area contributed by atoms with E-state index < -0.39 is 9.84 Å². The van der Waals surface area contributed by atoms with Crippen LogP contribution in [-0.2, 0) is 27.7 Å². The number of nitrogens with one attached hydrogen (secondary N) is 1. The number of carbonyl (C=O) groups excluding carboxylic acids is 1. The van der Waals surface area contributed by atoms with Crippen molar-refractivity contribution in [3.05, 3.63) is 35.4 Å². The van der Waals surface area contributed by atoms with Crippen LogP contribution in [0.25, 0.3) is 0 Å². The number of nitrogens with zero attached hydrogens (tertiary/aromatic N) is 1. The van der Waals surface area contributed by atoms with E-state index in [2.05, 4.69) is 29.3 Å². The van der Waals surface area contributed by atoms with Gasteiger partial charge in [0.25, 0.3) is 0 Å². The van der Waals surface area contributed by atoms with Gasteiger partial charge in [-0.25, -0.2) is 8.42 Å². The molecule has 0 aliphatic carbocycles. The van der Waals surface area contributed by atoms with E-state index in [9.17, 15) is 13.2 Å². The van der Waals surface area contributed by atoms with Gasteiger partial charge in [0.15, 0.2) is 9.84 Å². The molecule has 1 fully saturated rings. The van der Waals surface area contributed by atoms with Gasteiger partial charge in [0.2, 0.25) is 5.91 Å².